The van der Waals surface area contributed by atoms with Gasteiger partial charge in [0.1, 0.15) is 5.75 Å². The van der Waals surface area contributed by atoms with Crippen molar-refractivity contribution in [3.05, 3.63) is 66.1 Å². The first kappa shape index (κ1) is 18.3. The van der Waals surface area contributed by atoms with Crippen molar-refractivity contribution in [2.75, 3.05) is 6.26 Å². The number of nitrogens with zero attached hydrogens (tertiary/aromatic N) is 2. The number of hydrogen-bond donors (Lipinski definition) is 1. The Morgan fingerprint density at radius 3 is 2.82 bits per heavy atom. The van der Waals surface area contributed by atoms with Gasteiger partial charge in [-0.05, 0) is 55.5 Å². The standard InChI is InChI=1S/C22H19N3O2S/c1-3-15-12-16-13-17(7-8-18(16)24-14-15)27-21(28-2)20(26)25-22(9-10-22)19-6-4-5-11-23-19/h1,4-8,11-14,21H,9-10H2,2H3,(H,25,26). The molecule has 3 aromatic rings. The zero-order valence-corrected chi connectivity index (χ0v) is 16.2. The number of rotatable bonds is 6. The van der Waals surface area contributed by atoms with E-state index in [0.717, 1.165) is 29.4 Å². The van der Waals surface area contributed by atoms with Gasteiger partial charge in [-0.2, -0.15) is 0 Å². The lowest BCUT2D eigenvalue weighted by molar-refractivity contribution is -0.125. The van der Waals surface area contributed by atoms with E-state index >= 15 is 0 Å². The van der Waals surface area contributed by atoms with Crippen molar-refractivity contribution < 1.29 is 9.53 Å². The number of pyridine rings is 2. The number of nitrogens with one attached hydrogen (secondary N) is 1. The number of amides is 1. The summed E-state index contributed by atoms with van der Waals surface area (Å²) in [5.41, 5.74) is 1.38. The lowest BCUT2D eigenvalue weighted by atomic mass is 10.1. The van der Waals surface area contributed by atoms with Crippen LogP contribution in [-0.2, 0) is 10.3 Å². The van der Waals surface area contributed by atoms with Crippen molar-refractivity contribution in [3.63, 3.8) is 0 Å². The third-order valence-corrected chi connectivity index (χ3v) is 5.50. The van der Waals surface area contributed by atoms with E-state index in [1.54, 1.807) is 12.4 Å². The molecule has 1 fully saturated rings. The Labute approximate surface area is 167 Å². The van der Waals surface area contributed by atoms with Gasteiger partial charge in [-0.1, -0.05) is 12.0 Å². The second-order valence-electron chi connectivity index (χ2n) is 6.69. The Kier molecular flexibility index (Phi) is 4.93. The number of benzene rings is 1. The first-order valence-electron chi connectivity index (χ1n) is 8.93. The molecule has 1 aliphatic rings. The van der Waals surface area contributed by atoms with E-state index in [4.69, 9.17) is 11.2 Å². The zero-order valence-electron chi connectivity index (χ0n) is 15.4. The smallest absolute Gasteiger partial charge is 0.272 e. The summed E-state index contributed by atoms with van der Waals surface area (Å²) in [5, 5.41) is 4.00. The van der Waals surface area contributed by atoms with E-state index < -0.39 is 5.44 Å². The molecule has 0 bridgehead atoms. The summed E-state index contributed by atoms with van der Waals surface area (Å²) in [6.07, 6.45) is 12.5. The van der Waals surface area contributed by atoms with Crippen LogP contribution in [0.1, 0.15) is 24.1 Å². The highest BCUT2D eigenvalue weighted by atomic mass is 32.2. The van der Waals surface area contributed by atoms with Crippen molar-refractivity contribution in [1.82, 2.24) is 15.3 Å². The van der Waals surface area contributed by atoms with Crippen LogP contribution in [0.2, 0.25) is 0 Å². The van der Waals surface area contributed by atoms with Gasteiger partial charge >= 0.3 is 0 Å². The highest BCUT2D eigenvalue weighted by Crippen LogP contribution is 2.44. The van der Waals surface area contributed by atoms with Crippen LogP contribution in [0.25, 0.3) is 10.9 Å². The van der Waals surface area contributed by atoms with Crippen LogP contribution >= 0.6 is 11.8 Å². The minimum absolute atomic E-state index is 0.161. The Morgan fingerprint density at radius 1 is 1.29 bits per heavy atom. The molecule has 0 radical (unpaired) electrons. The van der Waals surface area contributed by atoms with Crippen molar-refractivity contribution in [2.24, 2.45) is 0 Å². The summed E-state index contributed by atoms with van der Waals surface area (Å²) in [4.78, 5) is 21.6. The number of ether oxygens (including phenoxy) is 1. The number of carbonyl (C=O) groups excluding carboxylic acids is 1. The Morgan fingerprint density at radius 2 is 2.14 bits per heavy atom. The normalized spacial score (nSPS) is 15.4. The average Bonchev–Trinajstić information content (AvgIpc) is 3.52. The predicted molar refractivity (Wildman–Crippen MR) is 111 cm³/mol. The molecule has 0 aliphatic heterocycles. The first-order valence-corrected chi connectivity index (χ1v) is 10.2. The summed E-state index contributed by atoms with van der Waals surface area (Å²) in [5.74, 6) is 3.02. The van der Waals surface area contributed by atoms with Crippen molar-refractivity contribution in [2.45, 2.75) is 23.8 Å². The molecule has 0 spiro atoms. The molecule has 2 heterocycles. The lowest BCUT2D eigenvalue weighted by Crippen LogP contribution is -2.42. The maximum absolute atomic E-state index is 12.8. The second kappa shape index (κ2) is 7.53. The summed E-state index contributed by atoms with van der Waals surface area (Å²) in [6.45, 7) is 0. The van der Waals surface area contributed by atoms with Gasteiger partial charge in [0.15, 0.2) is 0 Å². The molecule has 1 saturated carbocycles. The van der Waals surface area contributed by atoms with Crippen LogP contribution in [0.5, 0.6) is 5.75 Å². The van der Waals surface area contributed by atoms with Gasteiger partial charge < -0.3 is 10.1 Å². The van der Waals surface area contributed by atoms with Crippen LogP contribution in [0.4, 0.5) is 0 Å². The molecule has 1 N–H and O–H groups in total. The van der Waals surface area contributed by atoms with Crippen LogP contribution in [0, 0.1) is 12.3 Å². The van der Waals surface area contributed by atoms with Crippen LogP contribution in [0.15, 0.2) is 54.9 Å². The van der Waals surface area contributed by atoms with Gasteiger partial charge in [0.05, 0.1) is 16.7 Å². The van der Waals surface area contributed by atoms with Crippen molar-refractivity contribution >= 4 is 28.6 Å². The van der Waals surface area contributed by atoms with E-state index in [1.807, 2.05) is 48.7 Å². The molecule has 4 rings (SSSR count). The summed E-state index contributed by atoms with van der Waals surface area (Å²) in [6, 6.07) is 13.2. The third kappa shape index (κ3) is 3.67. The predicted octanol–water partition coefficient (Wildman–Crippen LogP) is 3.48. The van der Waals surface area contributed by atoms with Crippen LogP contribution in [-0.4, -0.2) is 27.6 Å². The Hall–Kier alpha value is -3.04. The minimum Gasteiger partial charge on any atom is -0.470 e. The first-order chi connectivity index (χ1) is 13.6. The van der Waals surface area contributed by atoms with Gasteiger partial charge in [0.25, 0.3) is 5.91 Å². The molecule has 1 aliphatic carbocycles. The fraction of sp³-hybridized carbons (Fsp3) is 0.227. The van der Waals surface area contributed by atoms with Gasteiger partial charge in [0.2, 0.25) is 5.44 Å². The summed E-state index contributed by atoms with van der Waals surface area (Å²) < 4.78 is 5.97. The number of aromatic nitrogens is 2. The number of fused-ring (bicyclic) bond motifs is 1. The SMILES string of the molecule is C#Cc1cnc2ccc(OC(SC)C(=O)NC3(c4ccccn4)CC3)cc2c1. The van der Waals surface area contributed by atoms with Crippen LogP contribution < -0.4 is 10.1 Å². The molecule has 1 amide bonds. The van der Waals surface area contributed by atoms with E-state index in [2.05, 4.69) is 21.2 Å². The van der Waals surface area contributed by atoms with Gasteiger partial charge in [0, 0.05) is 23.3 Å². The number of carbonyl (C=O) groups is 1. The maximum Gasteiger partial charge on any atom is 0.272 e. The van der Waals surface area contributed by atoms with Gasteiger partial charge in [-0.15, -0.1) is 18.2 Å². The largest absolute Gasteiger partial charge is 0.470 e. The molecule has 1 aromatic carbocycles. The third-order valence-electron chi connectivity index (χ3n) is 4.76. The molecule has 1 unspecified atom stereocenters. The van der Waals surface area contributed by atoms with Crippen molar-refractivity contribution in [1.29, 1.82) is 0 Å². The van der Waals surface area contributed by atoms with E-state index in [-0.39, 0.29) is 11.4 Å². The molecule has 0 saturated heterocycles. The van der Waals surface area contributed by atoms with E-state index in [0.29, 0.717) is 11.3 Å². The minimum atomic E-state index is -0.664. The molecule has 2 aromatic heterocycles. The molecule has 6 heteroatoms. The van der Waals surface area contributed by atoms with E-state index in [1.165, 1.54) is 11.8 Å². The molecular weight excluding hydrogens is 370 g/mol. The van der Waals surface area contributed by atoms with Crippen LogP contribution in [0.3, 0.4) is 0 Å². The van der Waals surface area contributed by atoms with E-state index in [9.17, 15) is 4.79 Å². The quantitative estimate of drug-likeness (QED) is 0.517. The molecule has 28 heavy (non-hydrogen) atoms. The summed E-state index contributed by atoms with van der Waals surface area (Å²) in [7, 11) is 0. The number of terminal acetylenes is 1. The fourth-order valence-electron chi connectivity index (χ4n) is 3.10. The lowest BCUT2D eigenvalue weighted by Gasteiger charge is -2.22. The molecular formula is C22H19N3O2S. The highest BCUT2D eigenvalue weighted by molar-refractivity contribution is 7.99. The molecule has 140 valence electrons. The van der Waals surface area contributed by atoms with Gasteiger partial charge in [-0.25, -0.2) is 0 Å². The topological polar surface area (TPSA) is 64.1 Å². The monoisotopic (exact) mass is 389 g/mol. The van der Waals surface area contributed by atoms with Gasteiger partial charge in [-0.3, -0.25) is 14.8 Å². The maximum atomic E-state index is 12.8. The average molecular weight is 389 g/mol. The number of hydrogen-bond acceptors (Lipinski definition) is 5. The summed E-state index contributed by atoms with van der Waals surface area (Å²) >= 11 is 1.35. The number of thioether (sulfide) groups is 1. The molecule has 1 atom stereocenters. The second-order valence-corrected chi connectivity index (χ2v) is 7.59. The van der Waals surface area contributed by atoms with Crippen molar-refractivity contribution in [3.8, 4) is 18.1 Å². The Balaban J connectivity index is 1.51. The molecule has 5 nitrogen and oxygen atoms in total. The fourth-order valence-corrected chi connectivity index (χ4v) is 3.59. The highest BCUT2D eigenvalue weighted by Gasteiger charge is 2.48. The zero-order chi connectivity index (χ0) is 19.6. The Bertz CT molecular complexity index is 1060.